The Balaban J connectivity index is 1.82. The highest BCUT2D eigenvalue weighted by molar-refractivity contribution is 7.86. The molecular weight excluding hydrogens is 493 g/mol. The summed E-state index contributed by atoms with van der Waals surface area (Å²) in [5.41, 5.74) is 3.18. The maximum absolute atomic E-state index is 14.8. The predicted octanol–water partition coefficient (Wildman–Crippen LogP) is 5.86. The van der Waals surface area contributed by atoms with Crippen molar-refractivity contribution in [3.63, 3.8) is 0 Å². The average molecular weight is 522 g/mol. The number of halogens is 1. The highest BCUT2D eigenvalue weighted by Gasteiger charge is 2.31. The number of hydrogen-bond acceptors (Lipinski definition) is 5. The van der Waals surface area contributed by atoms with Gasteiger partial charge in [0.05, 0.1) is 16.9 Å². The molecule has 2 aromatic carbocycles. The van der Waals surface area contributed by atoms with Crippen LogP contribution < -0.4 is 21.2 Å². The Hall–Kier alpha value is -3.72. The van der Waals surface area contributed by atoms with Crippen molar-refractivity contribution in [1.29, 1.82) is 0 Å². The fourth-order valence-electron chi connectivity index (χ4n) is 4.63. The third kappa shape index (κ3) is 4.59. The van der Waals surface area contributed by atoms with Crippen LogP contribution in [-0.2, 0) is 11.0 Å². The van der Waals surface area contributed by atoms with Gasteiger partial charge in [0, 0.05) is 28.7 Å². The van der Waals surface area contributed by atoms with Crippen LogP contribution in [0.25, 0.3) is 22.1 Å². The van der Waals surface area contributed by atoms with Gasteiger partial charge in [0.1, 0.15) is 22.2 Å². The van der Waals surface area contributed by atoms with Crippen LogP contribution in [0.4, 0.5) is 21.5 Å². The minimum Gasteiger partial charge on any atom is -0.421 e. The van der Waals surface area contributed by atoms with Gasteiger partial charge in [-0.25, -0.2) is 13.4 Å². The molecule has 4 aromatic rings. The zero-order chi connectivity index (χ0) is 26.4. The molecule has 0 bridgehead atoms. The number of nitrogens with zero attached hydrogens (tertiary/aromatic N) is 1. The van der Waals surface area contributed by atoms with E-state index in [1.165, 1.54) is 6.07 Å². The Labute approximate surface area is 215 Å². The van der Waals surface area contributed by atoms with Crippen molar-refractivity contribution in [3.8, 4) is 11.1 Å². The first-order valence-corrected chi connectivity index (χ1v) is 13.5. The van der Waals surface area contributed by atoms with Gasteiger partial charge >= 0.3 is 5.63 Å². The number of benzene rings is 2. The normalized spacial score (nSPS) is 14.1. The van der Waals surface area contributed by atoms with Crippen molar-refractivity contribution in [2.45, 2.75) is 46.6 Å². The van der Waals surface area contributed by atoms with Crippen molar-refractivity contribution >= 4 is 39.0 Å². The van der Waals surface area contributed by atoms with Crippen LogP contribution in [0.3, 0.4) is 0 Å². The minimum absolute atomic E-state index is 0.0424. The molecule has 0 saturated heterocycles. The molecule has 7 nitrogen and oxygen atoms in total. The molecule has 5 rings (SSSR count). The summed E-state index contributed by atoms with van der Waals surface area (Å²) in [4.78, 5) is 26.9. The van der Waals surface area contributed by atoms with Gasteiger partial charge in [0.15, 0.2) is 5.58 Å². The lowest BCUT2D eigenvalue weighted by Gasteiger charge is -2.20. The van der Waals surface area contributed by atoms with E-state index in [1.807, 2.05) is 32.0 Å². The second-order valence-electron chi connectivity index (χ2n) is 9.39. The van der Waals surface area contributed by atoms with Crippen LogP contribution in [0.15, 0.2) is 56.5 Å². The van der Waals surface area contributed by atoms with E-state index in [2.05, 4.69) is 10.0 Å². The summed E-state index contributed by atoms with van der Waals surface area (Å²) in [7, 11) is -1.24. The van der Waals surface area contributed by atoms with Crippen molar-refractivity contribution < 1.29 is 13.0 Å². The highest BCUT2D eigenvalue weighted by Crippen LogP contribution is 2.41. The maximum atomic E-state index is 14.8. The Morgan fingerprint density at radius 3 is 2.54 bits per heavy atom. The predicted molar refractivity (Wildman–Crippen MR) is 147 cm³/mol. The van der Waals surface area contributed by atoms with E-state index in [4.69, 9.17) is 4.42 Å². The number of hydrogen-bond donors (Lipinski definition) is 2. The van der Waals surface area contributed by atoms with Gasteiger partial charge in [-0.1, -0.05) is 25.1 Å². The third-order valence-corrected chi connectivity index (χ3v) is 7.67. The lowest BCUT2D eigenvalue weighted by atomic mass is 9.99. The van der Waals surface area contributed by atoms with Gasteiger partial charge in [-0.05, 0) is 69.0 Å². The summed E-state index contributed by atoms with van der Waals surface area (Å²) >= 11 is 0. The van der Waals surface area contributed by atoms with Gasteiger partial charge in [0.2, 0.25) is 0 Å². The van der Waals surface area contributed by atoms with Crippen molar-refractivity contribution in [2.24, 2.45) is 0 Å². The van der Waals surface area contributed by atoms with E-state index in [-0.39, 0.29) is 39.5 Å². The fourth-order valence-corrected chi connectivity index (χ4v) is 5.16. The van der Waals surface area contributed by atoms with Crippen molar-refractivity contribution in [1.82, 2.24) is 4.57 Å². The van der Waals surface area contributed by atoms with Crippen LogP contribution in [0.1, 0.15) is 42.6 Å². The molecule has 192 valence electrons. The first kappa shape index (κ1) is 25.0. The van der Waals surface area contributed by atoms with Crippen LogP contribution in [0.2, 0.25) is 0 Å². The quantitative estimate of drug-likeness (QED) is 0.318. The molecule has 1 aliphatic carbocycles. The van der Waals surface area contributed by atoms with Crippen molar-refractivity contribution in [3.05, 3.63) is 85.9 Å². The molecule has 2 N–H and O–H groups in total. The van der Waals surface area contributed by atoms with Gasteiger partial charge in [-0.15, -0.1) is 0 Å². The smallest absolute Gasteiger partial charge is 0.341 e. The first-order valence-electron chi connectivity index (χ1n) is 12.2. The Morgan fingerprint density at radius 1 is 1.11 bits per heavy atom. The summed E-state index contributed by atoms with van der Waals surface area (Å²) in [6.07, 6.45) is 1.74. The Morgan fingerprint density at radius 2 is 1.86 bits per heavy atom. The van der Waals surface area contributed by atoms with Crippen LogP contribution >= 0.6 is 0 Å². The lowest BCUT2D eigenvalue weighted by Crippen LogP contribution is -2.25. The van der Waals surface area contributed by atoms with Gasteiger partial charge in [-0.3, -0.25) is 4.79 Å². The zero-order valence-electron chi connectivity index (χ0n) is 21.1. The number of anilines is 3. The number of pyridine rings is 1. The Kier molecular flexibility index (Phi) is 6.49. The number of aromatic nitrogens is 1. The molecule has 0 aliphatic heterocycles. The van der Waals surface area contributed by atoms with Crippen LogP contribution in [0.5, 0.6) is 0 Å². The number of rotatable bonds is 7. The number of fused-ring (bicyclic) bond motifs is 1. The number of aryl methyl sites for hydroxylation is 1. The minimum atomic E-state index is -1.24. The largest absolute Gasteiger partial charge is 0.421 e. The van der Waals surface area contributed by atoms with E-state index in [0.717, 1.165) is 18.4 Å². The second kappa shape index (κ2) is 9.63. The second-order valence-corrected chi connectivity index (χ2v) is 10.9. The molecule has 0 radical (unpaired) electrons. The molecule has 1 unspecified atom stereocenters. The standard InChI is InChI=1S/C28H28FN3O4S/c1-5-37(35)31-19-8-6-7-18(14-19)23-17(4)32(20-10-11-20)27(33)24-25(16(3)28(34)36-26(23)24)30-22-12-9-15(2)13-21(22)29/h6-9,12-14,20,30-31H,5,10-11H2,1-4H3. The van der Waals surface area contributed by atoms with E-state index in [9.17, 15) is 18.2 Å². The van der Waals surface area contributed by atoms with E-state index in [0.29, 0.717) is 28.3 Å². The molecule has 1 saturated carbocycles. The maximum Gasteiger partial charge on any atom is 0.341 e. The third-order valence-electron chi connectivity index (χ3n) is 6.68. The van der Waals surface area contributed by atoms with Crippen LogP contribution in [0, 0.1) is 26.6 Å². The lowest BCUT2D eigenvalue weighted by molar-refractivity contribution is 0.553. The fraction of sp³-hybridized carbons (Fsp3) is 0.286. The molecule has 1 aliphatic rings. The van der Waals surface area contributed by atoms with Crippen LogP contribution in [-0.4, -0.2) is 14.5 Å². The monoisotopic (exact) mass is 521 g/mol. The molecule has 2 heterocycles. The SMILES string of the molecule is CCS(=O)Nc1cccc(-c2c(C)n(C3CC3)c(=O)c3c(Nc4ccc(C)cc4F)c(C)c(=O)oc23)c1. The van der Waals surface area contributed by atoms with Gasteiger partial charge in [0.25, 0.3) is 5.56 Å². The molecule has 9 heteroatoms. The number of nitrogens with one attached hydrogen (secondary N) is 2. The van der Waals surface area contributed by atoms with Gasteiger partial charge in [-0.2, -0.15) is 0 Å². The Bertz CT molecular complexity index is 1690. The summed E-state index contributed by atoms with van der Waals surface area (Å²) in [6, 6.07) is 12.1. The van der Waals surface area contributed by atoms with E-state index in [1.54, 1.807) is 36.6 Å². The zero-order valence-corrected chi connectivity index (χ0v) is 21.9. The summed E-state index contributed by atoms with van der Waals surface area (Å²) in [5.74, 6) is -0.0457. The van der Waals surface area contributed by atoms with E-state index < -0.39 is 22.4 Å². The molecule has 2 aromatic heterocycles. The average Bonchev–Trinajstić information content (AvgIpc) is 3.69. The topological polar surface area (TPSA) is 93.3 Å². The highest BCUT2D eigenvalue weighted by atomic mass is 32.2. The summed E-state index contributed by atoms with van der Waals surface area (Å²) in [6.45, 7) is 7.00. The molecule has 0 spiro atoms. The molecular formula is C28H28FN3O4S. The molecule has 37 heavy (non-hydrogen) atoms. The summed E-state index contributed by atoms with van der Waals surface area (Å²) in [5, 5.41) is 3.22. The summed E-state index contributed by atoms with van der Waals surface area (Å²) < 4.78 is 37.4. The molecule has 1 atom stereocenters. The van der Waals surface area contributed by atoms with Gasteiger partial charge < -0.3 is 19.0 Å². The van der Waals surface area contributed by atoms with Crippen molar-refractivity contribution in [2.75, 3.05) is 15.8 Å². The molecule has 1 fully saturated rings. The molecule has 0 amide bonds. The first-order chi connectivity index (χ1) is 17.7. The van der Waals surface area contributed by atoms with E-state index >= 15 is 0 Å².